The fourth-order valence-electron chi connectivity index (χ4n) is 2.09. The molecule has 3 nitrogen and oxygen atoms in total. The Bertz CT molecular complexity index is 328. The molecule has 1 atom stereocenters. The highest BCUT2D eigenvalue weighted by Crippen LogP contribution is 2.23. The van der Waals surface area contributed by atoms with Crippen LogP contribution in [-0.4, -0.2) is 42.9 Å². The van der Waals surface area contributed by atoms with Crippen LogP contribution >= 0.6 is 12.4 Å². The summed E-state index contributed by atoms with van der Waals surface area (Å²) in [5.74, 6) is 0.224. The largest absolute Gasteiger partial charge is 0.508 e. The highest BCUT2D eigenvalue weighted by Gasteiger charge is 2.21. The van der Waals surface area contributed by atoms with Crippen LogP contribution in [0.4, 0.5) is 4.39 Å². The molecule has 1 aromatic rings. The van der Waals surface area contributed by atoms with Gasteiger partial charge in [-0.05, 0) is 17.7 Å². The van der Waals surface area contributed by atoms with Gasteiger partial charge in [0.2, 0.25) is 0 Å². The minimum absolute atomic E-state index is 0. The number of nitrogens with one attached hydrogen (secondary N) is 1. The van der Waals surface area contributed by atoms with Crippen LogP contribution in [0.25, 0.3) is 0 Å². The number of nitrogens with zero attached hydrogens (tertiary/aromatic N) is 1. The third kappa shape index (κ3) is 3.56. The molecule has 0 aromatic heterocycles. The molecule has 0 radical (unpaired) electrons. The molecule has 2 N–H and O–H groups in total. The van der Waals surface area contributed by atoms with E-state index in [9.17, 15) is 9.50 Å². The molecule has 0 spiro atoms. The van der Waals surface area contributed by atoms with E-state index >= 15 is 0 Å². The van der Waals surface area contributed by atoms with E-state index < -0.39 is 0 Å². The van der Waals surface area contributed by atoms with Crippen LogP contribution in [0.2, 0.25) is 0 Å². The number of rotatable bonds is 3. The normalized spacial score (nSPS) is 18.4. The third-order valence-corrected chi connectivity index (χ3v) is 3.02. The number of hydrogen-bond acceptors (Lipinski definition) is 3. The predicted molar refractivity (Wildman–Crippen MR) is 68.5 cm³/mol. The molecule has 17 heavy (non-hydrogen) atoms. The fourth-order valence-corrected chi connectivity index (χ4v) is 2.09. The molecule has 2 rings (SSSR count). The Balaban J connectivity index is 0.00000144. The van der Waals surface area contributed by atoms with Gasteiger partial charge < -0.3 is 10.4 Å². The molecule has 0 amide bonds. The SMILES string of the molecule is Cl.Oc1ccc([C@@H](CF)N2CCNCC2)cc1. The van der Waals surface area contributed by atoms with Gasteiger partial charge in [-0.25, -0.2) is 4.39 Å². The van der Waals surface area contributed by atoms with E-state index in [4.69, 9.17) is 0 Å². The molecule has 0 saturated carbocycles. The summed E-state index contributed by atoms with van der Waals surface area (Å²) in [6.45, 7) is 3.18. The van der Waals surface area contributed by atoms with Crippen molar-refractivity contribution in [1.29, 1.82) is 0 Å². The van der Waals surface area contributed by atoms with Crippen LogP contribution in [0.1, 0.15) is 11.6 Å². The van der Waals surface area contributed by atoms with Gasteiger partial charge in [0.1, 0.15) is 12.4 Å². The quantitative estimate of drug-likeness (QED) is 0.869. The number of piperazine rings is 1. The number of benzene rings is 1. The molecule has 1 aliphatic heterocycles. The molecule has 1 saturated heterocycles. The van der Waals surface area contributed by atoms with Gasteiger partial charge in [0.15, 0.2) is 0 Å². The zero-order valence-corrected chi connectivity index (χ0v) is 10.4. The summed E-state index contributed by atoms with van der Waals surface area (Å²) in [7, 11) is 0. The smallest absolute Gasteiger partial charge is 0.115 e. The van der Waals surface area contributed by atoms with Gasteiger partial charge in [-0.2, -0.15) is 0 Å². The second kappa shape index (κ2) is 6.79. The lowest BCUT2D eigenvalue weighted by molar-refractivity contribution is 0.147. The van der Waals surface area contributed by atoms with Crippen LogP contribution in [0.3, 0.4) is 0 Å². The van der Waals surface area contributed by atoms with E-state index in [-0.39, 0.29) is 30.9 Å². The van der Waals surface area contributed by atoms with Gasteiger partial charge >= 0.3 is 0 Å². The second-order valence-electron chi connectivity index (χ2n) is 4.05. The van der Waals surface area contributed by atoms with Crippen LogP contribution < -0.4 is 5.32 Å². The molecule has 1 aromatic carbocycles. The maximum Gasteiger partial charge on any atom is 0.115 e. The fraction of sp³-hybridized carbons (Fsp3) is 0.500. The maximum atomic E-state index is 13.1. The first-order valence-electron chi connectivity index (χ1n) is 5.61. The Hall–Kier alpha value is -0.840. The van der Waals surface area contributed by atoms with Gasteiger partial charge in [0.25, 0.3) is 0 Å². The summed E-state index contributed by atoms with van der Waals surface area (Å²) in [6.07, 6.45) is 0. The highest BCUT2D eigenvalue weighted by atomic mass is 35.5. The van der Waals surface area contributed by atoms with Crippen molar-refractivity contribution in [3.8, 4) is 5.75 Å². The molecular formula is C12H18ClFN2O. The molecule has 0 aliphatic carbocycles. The lowest BCUT2D eigenvalue weighted by Gasteiger charge is -2.33. The minimum Gasteiger partial charge on any atom is -0.508 e. The lowest BCUT2D eigenvalue weighted by atomic mass is 10.1. The molecule has 0 bridgehead atoms. The Morgan fingerprint density at radius 3 is 2.35 bits per heavy atom. The van der Waals surface area contributed by atoms with Crippen molar-refractivity contribution in [2.24, 2.45) is 0 Å². The Morgan fingerprint density at radius 1 is 1.24 bits per heavy atom. The molecule has 1 heterocycles. The second-order valence-corrected chi connectivity index (χ2v) is 4.05. The van der Waals surface area contributed by atoms with Crippen molar-refractivity contribution in [1.82, 2.24) is 10.2 Å². The number of hydrogen-bond donors (Lipinski definition) is 2. The minimum atomic E-state index is -0.384. The van der Waals surface area contributed by atoms with Crippen LogP contribution in [-0.2, 0) is 0 Å². The van der Waals surface area contributed by atoms with Gasteiger partial charge in [0, 0.05) is 26.2 Å². The average Bonchev–Trinajstić information content (AvgIpc) is 2.34. The van der Waals surface area contributed by atoms with Gasteiger partial charge in [-0.3, -0.25) is 4.90 Å². The van der Waals surface area contributed by atoms with Gasteiger partial charge in [-0.1, -0.05) is 12.1 Å². The summed E-state index contributed by atoms with van der Waals surface area (Å²) in [4.78, 5) is 2.14. The summed E-state index contributed by atoms with van der Waals surface area (Å²) < 4.78 is 13.1. The molecule has 0 unspecified atom stereocenters. The van der Waals surface area contributed by atoms with E-state index in [2.05, 4.69) is 10.2 Å². The van der Waals surface area contributed by atoms with Crippen molar-refractivity contribution in [3.05, 3.63) is 29.8 Å². The van der Waals surface area contributed by atoms with Crippen molar-refractivity contribution in [3.63, 3.8) is 0 Å². The molecule has 5 heteroatoms. The van der Waals surface area contributed by atoms with E-state index in [1.165, 1.54) is 0 Å². The first kappa shape index (κ1) is 14.2. The van der Waals surface area contributed by atoms with E-state index in [0.29, 0.717) is 0 Å². The first-order valence-corrected chi connectivity index (χ1v) is 5.61. The Labute approximate surface area is 107 Å². The lowest BCUT2D eigenvalue weighted by Crippen LogP contribution is -2.45. The van der Waals surface area contributed by atoms with E-state index in [1.807, 2.05) is 0 Å². The zero-order valence-electron chi connectivity index (χ0n) is 9.60. The standard InChI is InChI=1S/C12H17FN2O.ClH/c13-9-12(15-7-5-14-6-8-15)10-1-3-11(16)4-2-10;/h1-4,12,14,16H,5-9H2;1H/t12-;/m1./s1. The van der Waals surface area contributed by atoms with Crippen molar-refractivity contribution in [2.75, 3.05) is 32.9 Å². The number of alkyl halides is 1. The topological polar surface area (TPSA) is 35.5 Å². The predicted octanol–water partition coefficient (Wildman–Crippen LogP) is 1.73. The number of aromatic hydroxyl groups is 1. The summed E-state index contributed by atoms with van der Waals surface area (Å²) in [5.41, 5.74) is 0.933. The van der Waals surface area contributed by atoms with Gasteiger partial charge in [0.05, 0.1) is 6.04 Å². The van der Waals surface area contributed by atoms with Crippen molar-refractivity contribution in [2.45, 2.75) is 6.04 Å². The first-order chi connectivity index (χ1) is 7.81. The number of phenolic OH excluding ortho intramolecular Hbond substituents is 1. The number of halogens is 2. The summed E-state index contributed by atoms with van der Waals surface area (Å²) in [5, 5.41) is 12.5. The highest BCUT2D eigenvalue weighted by molar-refractivity contribution is 5.85. The molecule has 1 fully saturated rings. The average molecular weight is 261 g/mol. The number of phenols is 1. The van der Waals surface area contributed by atoms with E-state index in [0.717, 1.165) is 31.7 Å². The van der Waals surface area contributed by atoms with Crippen LogP contribution in [0.5, 0.6) is 5.75 Å². The summed E-state index contributed by atoms with van der Waals surface area (Å²) >= 11 is 0. The molecule has 96 valence electrons. The Morgan fingerprint density at radius 2 is 1.82 bits per heavy atom. The third-order valence-electron chi connectivity index (χ3n) is 3.02. The van der Waals surface area contributed by atoms with Crippen molar-refractivity contribution >= 4 is 12.4 Å². The zero-order chi connectivity index (χ0) is 11.4. The van der Waals surface area contributed by atoms with E-state index in [1.54, 1.807) is 24.3 Å². The van der Waals surface area contributed by atoms with Crippen LogP contribution in [0.15, 0.2) is 24.3 Å². The van der Waals surface area contributed by atoms with Gasteiger partial charge in [-0.15, -0.1) is 12.4 Å². The monoisotopic (exact) mass is 260 g/mol. The van der Waals surface area contributed by atoms with Crippen LogP contribution in [0, 0.1) is 0 Å². The van der Waals surface area contributed by atoms with Crippen molar-refractivity contribution < 1.29 is 9.50 Å². The summed E-state index contributed by atoms with van der Waals surface area (Å²) in [6, 6.07) is 6.63. The molecular weight excluding hydrogens is 243 g/mol. The molecule has 1 aliphatic rings. The Kier molecular flexibility index (Phi) is 5.68. The maximum absolute atomic E-state index is 13.1.